The average molecular weight is 303 g/mol. The summed E-state index contributed by atoms with van der Waals surface area (Å²) < 4.78 is 5.10. The summed E-state index contributed by atoms with van der Waals surface area (Å²) in [6, 6.07) is 6.05. The van der Waals surface area contributed by atoms with Crippen LogP contribution >= 0.6 is 0 Å². The van der Waals surface area contributed by atoms with Crippen molar-refractivity contribution in [3.05, 3.63) is 29.5 Å². The molecule has 1 heterocycles. The normalized spacial score (nSPS) is 11.9. The number of nitrogens with one attached hydrogen (secondary N) is 1. The quantitative estimate of drug-likeness (QED) is 0.417. The van der Waals surface area contributed by atoms with E-state index in [0.717, 1.165) is 22.2 Å². The number of aromatic nitrogens is 2. The standard InChI is InChI=1S/C15H21N5O2/c1-10-3-4-12-11(2)18-15(19-13(12)9-10)20-14(16)17-5-7-22-8-6-21/h3-4,9,21H,5-8H2,1-2H3,(H3,16,17,18,19,20). The lowest BCUT2D eigenvalue weighted by atomic mass is 10.1. The molecular weight excluding hydrogens is 282 g/mol. The number of hydrogen-bond donors (Lipinski definition) is 3. The summed E-state index contributed by atoms with van der Waals surface area (Å²) in [5, 5.41) is 12.5. The van der Waals surface area contributed by atoms with Gasteiger partial charge in [0.1, 0.15) is 0 Å². The van der Waals surface area contributed by atoms with E-state index in [1.165, 1.54) is 0 Å². The number of aliphatic hydroxyl groups is 1. The van der Waals surface area contributed by atoms with Crippen molar-refractivity contribution in [3.8, 4) is 0 Å². The number of nitrogens with zero attached hydrogens (tertiary/aromatic N) is 3. The van der Waals surface area contributed by atoms with Crippen molar-refractivity contribution < 1.29 is 9.84 Å². The van der Waals surface area contributed by atoms with Gasteiger partial charge in [-0.15, -0.1) is 0 Å². The number of anilines is 1. The smallest absolute Gasteiger partial charge is 0.230 e. The van der Waals surface area contributed by atoms with Crippen molar-refractivity contribution >= 4 is 22.8 Å². The Labute approximate surface area is 129 Å². The minimum atomic E-state index is 0.00106. The summed E-state index contributed by atoms with van der Waals surface area (Å²) in [7, 11) is 0. The van der Waals surface area contributed by atoms with Crippen molar-refractivity contribution in [2.24, 2.45) is 10.7 Å². The van der Waals surface area contributed by atoms with Gasteiger partial charge in [0.15, 0.2) is 5.96 Å². The second kappa shape index (κ2) is 7.67. The zero-order valence-corrected chi connectivity index (χ0v) is 12.8. The predicted octanol–water partition coefficient (Wildman–Crippen LogP) is 0.982. The van der Waals surface area contributed by atoms with Crippen molar-refractivity contribution in [2.75, 3.05) is 31.7 Å². The number of rotatable bonds is 6. The molecule has 0 amide bonds. The van der Waals surface area contributed by atoms with E-state index in [1.807, 2.05) is 32.0 Å². The predicted molar refractivity (Wildman–Crippen MR) is 87.0 cm³/mol. The molecule has 0 bridgehead atoms. The van der Waals surface area contributed by atoms with E-state index in [2.05, 4.69) is 20.3 Å². The van der Waals surface area contributed by atoms with Crippen LogP contribution in [0, 0.1) is 13.8 Å². The molecular formula is C15H21N5O2. The largest absolute Gasteiger partial charge is 0.394 e. The van der Waals surface area contributed by atoms with Gasteiger partial charge in [-0.05, 0) is 25.5 Å². The van der Waals surface area contributed by atoms with E-state index in [9.17, 15) is 0 Å². The fraction of sp³-hybridized carbons (Fsp3) is 0.400. The Morgan fingerprint density at radius 1 is 1.32 bits per heavy atom. The van der Waals surface area contributed by atoms with E-state index < -0.39 is 0 Å². The molecule has 1 aromatic carbocycles. The number of aryl methyl sites for hydroxylation is 2. The zero-order chi connectivity index (χ0) is 15.9. The van der Waals surface area contributed by atoms with Gasteiger partial charge in [-0.3, -0.25) is 10.3 Å². The van der Waals surface area contributed by atoms with Crippen LogP contribution in [0.3, 0.4) is 0 Å². The highest BCUT2D eigenvalue weighted by atomic mass is 16.5. The lowest BCUT2D eigenvalue weighted by Gasteiger charge is -2.08. The van der Waals surface area contributed by atoms with Crippen LogP contribution in [0.2, 0.25) is 0 Å². The molecule has 0 atom stereocenters. The highest BCUT2D eigenvalue weighted by Crippen LogP contribution is 2.18. The molecule has 0 saturated carbocycles. The first kappa shape index (κ1) is 16.1. The minimum absolute atomic E-state index is 0.00106. The minimum Gasteiger partial charge on any atom is -0.394 e. The molecule has 2 rings (SSSR count). The van der Waals surface area contributed by atoms with Gasteiger partial charge < -0.3 is 15.6 Å². The topological polar surface area (TPSA) is 106 Å². The van der Waals surface area contributed by atoms with Crippen LogP contribution < -0.4 is 11.1 Å². The first-order chi connectivity index (χ1) is 10.6. The van der Waals surface area contributed by atoms with Gasteiger partial charge in [-0.25, -0.2) is 9.97 Å². The number of hydrogen-bond acceptors (Lipinski definition) is 5. The molecule has 7 heteroatoms. The first-order valence-electron chi connectivity index (χ1n) is 7.10. The third-order valence-electron chi connectivity index (χ3n) is 3.04. The van der Waals surface area contributed by atoms with E-state index >= 15 is 0 Å². The number of aliphatic hydroxyl groups excluding tert-OH is 1. The number of fused-ring (bicyclic) bond motifs is 1. The fourth-order valence-corrected chi connectivity index (χ4v) is 2.01. The van der Waals surface area contributed by atoms with Crippen molar-refractivity contribution in [1.82, 2.24) is 9.97 Å². The SMILES string of the molecule is Cc1ccc2c(C)nc(NC(N)=NCCOCCO)nc2c1. The van der Waals surface area contributed by atoms with Crippen molar-refractivity contribution in [2.45, 2.75) is 13.8 Å². The summed E-state index contributed by atoms with van der Waals surface area (Å²) in [6.45, 7) is 5.06. The highest BCUT2D eigenvalue weighted by molar-refractivity contribution is 5.92. The summed E-state index contributed by atoms with van der Waals surface area (Å²) in [5.41, 5.74) is 8.69. The lowest BCUT2D eigenvalue weighted by molar-refractivity contribution is 0.0978. The molecule has 22 heavy (non-hydrogen) atoms. The molecule has 0 aliphatic carbocycles. The van der Waals surface area contributed by atoms with Gasteiger partial charge in [-0.1, -0.05) is 12.1 Å². The molecule has 0 radical (unpaired) electrons. The maximum atomic E-state index is 8.59. The zero-order valence-electron chi connectivity index (χ0n) is 12.8. The molecule has 1 aromatic heterocycles. The Bertz CT molecular complexity index is 672. The summed E-state index contributed by atoms with van der Waals surface area (Å²) in [5.74, 6) is 0.659. The van der Waals surface area contributed by atoms with Crippen LogP contribution in [0.5, 0.6) is 0 Å². The monoisotopic (exact) mass is 303 g/mol. The van der Waals surface area contributed by atoms with E-state index in [0.29, 0.717) is 25.7 Å². The van der Waals surface area contributed by atoms with Crippen LogP contribution in [0.4, 0.5) is 5.95 Å². The van der Waals surface area contributed by atoms with Gasteiger partial charge >= 0.3 is 0 Å². The van der Waals surface area contributed by atoms with Crippen LogP contribution in [0.15, 0.2) is 23.2 Å². The second-order valence-electron chi connectivity index (χ2n) is 4.88. The Kier molecular flexibility index (Phi) is 5.62. The highest BCUT2D eigenvalue weighted by Gasteiger charge is 2.05. The average Bonchev–Trinajstić information content (AvgIpc) is 2.46. The van der Waals surface area contributed by atoms with Crippen LogP contribution in [0.1, 0.15) is 11.3 Å². The van der Waals surface area contributed by atoms with Gasteiger partial charge in [0, 0.05) is 5.39 Å². The first-order valence-corrected chi connectivity index (χ1v) is 7.10. The van der Waals surface area contributed by atoms with Crippen LogP contribution in [0.25, 0.3) is 10.9 Å². The Morgan fingerprint density at radius 3 is 2.91 bits per heavy atom. The number of aliphatic imine (C=N–C) groups is 1. The lowest BCUT2D eigenvalue weighted by Crippen LogP contribution is -2.25. The molecule has 0 saturated heterocycles. The Morgan fingerprint density at radius 2 is 2.14 bits per heavy atom. The molecule has 0 aliphatic heterocycles. The third kappa shape index (κ3) is 4.37. The van der Waals surface area contributed by atoms with E-state index in [1.54, 1.807) is 0 Å². The Hall–Kier alpha value is -2.25. The maximum Gasteiger partial charge on any atom is 0.230 e. The molecule has 0 aliphatic rings. The number of nitrogens with two attached hydrogens (primary N) is 1. The van der Waals surface area contributed by atoms with Gasteiger partial charge in [0.25, 0.3) is 0 Å². The number of benzene rings is 1. The van der Waals surface area contributed by atoms with Gasteiger partial charge in [0.2, 0.25) is 5.95 Å². The van der Waals surface area contributed by atoms with Crippen molar-refractivity contribution in [3.63, 3.8) is 0 Å². The van der Waals surface area contributed by atoms with Gasteiger partial charge in [0.05, 0.1) is 37.6 Å². The molecule has 118 valence electrons. The second-order valence-corrected chi connectivity index (χ2v) is 4.88. The van der Waals surface area contributed by atoms with Crippen LogP contribution in [-0.4, -0.2) is 47.4 Å². The molecule has 2 aromatic rings. The summed E-state index contributed by atoms with van der Waals surface area (Å²) >= 11 is 0. The third-order valence-corrected chi connectivity index (χ3v) is 3.04. The maximum absolute atomic E-state index is 8.59. The number of guanidine groups is 1. The summed E-state index contributed by atoms with van der Waals surface area (Å²) in [4.78, 5) is 12.9. The molecule has 0 spiro atoms. The molecule has 0 fully saturated rings. The van der Waals surface area contributed by atoms with Crippen molar-refractivity contribution in [1.29, 1.82) is 0 Å². The molecule has 4 N–H and O–H groups in total. The Balaban J connectivity index is 2.06. The fourth-order valence-electron chi connectivity index (χ4n) is 2.01. The molecule has 7 nitrogen and oxygen atoms in total. The summed E-state index contributed by atoms with van der Waals surface area (Å²) in [6.07, 6.45) is 0. The van der Waals surface area contributed by atoms with Crippen LogP contribution in [-0.2, 0) is 4.74 Å². The van der Waals surface area contributed by atoms with E-state index in [4.69, 9.17) is 15.6 Å². The number of ether oxygens (including phenoxy) is 1. The van der Waals surface area contributed by atoms with E-state index in [-0.39, 0.29) is 12.6 Å². The van der Waals surface area contributed by atoms with Gasteiger partial charge in [-0.2, -0.15) is 0 Å². The molecule has 0 unspecified atom stereocenters.